The molecule has 0 aromatic heterocycles. The van der Waals surface area contributed by atoms with Crippen molar-refractivity contribution < 1.29 is 19.4 Å². The minimum atomic E-state index is -0.770. The first kappa shape index (κ1) is 14.4. The van der Waals surface area contributed by atoms with E-state index in [4.69, 9.17) is 9.84 Å². The van der Waals surface area contributed by atoms with Gasteiger partial charge < -0.3 is 15.2 Å². The molecule has 0 radical (unpaired) electrons. The number of hydrogen-bond acceptors (Lipinski definition) is 3. The van der Waals surface area contributed by atoms with Crippen molar-refractivity contribution in [2.75, 3.05) is 7.11 Å². The van der Waals surface area contributed by atoms with Gasteiger partial charge in [0.15, 0.2) is 0 Å². The standard InChI is InChI=1S/C15H19NO4/c1-20-13-7-5-10(6-8-13)14(17)16-12-4-2-3-11(9-12)15(18)19/h5-8,11-12H,2-4,9H2,1H3,(H,16,17)(H,18,19). The van der Waals surface area contributed by atoms with Crippen LogP contribution in [0.4, 0.5) is 0 Å². The molecule has 108 valence electrons. The molecule has 2 rings (SSSR count). The van der Waals surface area contributed by atoms with Crippen LogP contribution in [0.5, 0.6) is 5.75 Å². The molecule has 0 saturated heterocycles. The molecule has 1 aliphatic carbocycles. The summed E-state index contributed by atoms with van der Waals surface area (Å²) in [6.07, 6.45) is 2.89. The van der Waals surface area contributed by atoms with Crippen LogP contribution in [0.3, 0.4) is 0 Å². The number of carbonyl (C=O) groups is 2. The molecule has 1 aromatic rings. The fourth-order valence-corrected chi connectivity index (χ4v) is 2.56. The summed E-state index contributed by atoms with van der Waals surface area (Å²) in [5, 5.41) is 12.0. The second-order valence-electron chi connectivity index (χ2n) is 5.10. The molecule has 2 unspecified atom stereocenters. The van der Waals surface area contributed by atoms with Crippen LogP contribution in [-0.4, -0.2) is 30.1 Å². The van der Waals surface area contributed by atoms with Crippen LogP contribution in [0, 0.1) is 5.92 Å². The van der Waals surface area contributed by atoms with Gasteiger partial charge in [0.05, 0.1) is 13.0 Å². The van der Waals surface area contributed by atoms with Crippen LogP contribution in [0.15, 0.2) is 24.3 Å². The molecule has 1 aromatic carbocycles. The van der Waals surface area contributed by atoms with E-state index in [1.54, 1.807) is 31.4 Å². The Hall–Kier alpha value is -2.04. The van der Waals surface area contributed by atoms with E-state index in [1.165, 1.54) is 0 Å². The minimum absolute atomic E-state index is 0.0561. The van der Waals surface area contributed by atoms with Gasteiger partial charge in [-0.25, -0.2) is 0 Å². The molecule has 0 spiro atoms. The summed E-state index contributed by atoms with van der Waals surface area (Å²) in [5.41, 5.74) is 0.559. The van der Waals surface area contributed by atoms with Gasteiger partial charge in [0.1, 0.15) is 5.75 Å². The minimum Gasteiger partial charge on any atom is -0.497 e. The van der Waals surface area contributed by atoms with Gasteiger partial charge in [-0.1, -0.05) is 6.42 Å². The van der Waals surface area contributed by atoms with E-state index in [9.17, 15) is 9.59 Å². The summed E-state index contributed by atoms with van der Waals surface area (Å²) in [5.74, 6) is -0.577. The Morgan fingerprint density at radius 3 is 2.55 bits per heavy atom. The third kappa shape index (κ3) is 3.50. The number of ether oxygens (including phenoxy) is 1. The molecule has 1 saturated carbocycles. The molecule has 1 amide bonds. The second kappa shape index (κ2) is 6.41. The Kier molecular flexibility index (Phi) is 4.61. The zero-order valence-electron chi connectivity index (χ0n) is 11.5. The van der Waals surface area contributed by atoms with E-state index in [1.807, 2.05) is 0 Å². The molecule has 1 aliphatic rings. The largest absolute Gasteiger partial charge is 0.497 e. The highest BCUT2D eigenvalue weighted by molar-refractivity contribution is 5.94. The number of nitrogens with one attached hydrogen (secondary N) is 1. The lowest BCUT2D eigenvalue weighted by atomic mass is 9.85. The summed E-state index contributed by atoms with van der Waals surface area (Å²) in [6, 6.07) is 6.81. The molecule has 20 heavy (non-hydrogen) atoms. The molecule has 0 aliphatic heterocycles. The van der Waals surface area contributed by atoms with Crippen molar-refractivity contribution in [3.05, 3.63) is 29.8 Å². The van der Waals surface area contributed by atoms with Gasteiger partial charge >= 0.3 is 5.97 Å². The monoisotopic (exact) mass is 277 g/mol. The lowest BCUT2D eigenvalue weighted by molar-refractivity contribution is -0.143. The van der Waals surface area contributed by atoms with E-state index in [-0.39, 0.29) is 17.9 Å². The fourth-order valence-electron chi connectivity index (χ4n) is 2.56. The summed E-state index contributed by atoms with van der Waals surface area (Å²) < 4.78 is 5.04. The summed E-state index contributed by atoms with van der Waals surface area (Å²) in [4.78, 5) is 23.1. The maximum atomic E-state index is 12.1. The van der Waals surface area contributed by atoms with E-state index in [0.29, 0.717) is 24.2 Å². The smallest absolute Gasteiger partial charge is 0.306 e. The highest BCUT2D eigenvalue weighted by Crippen LogP contribution is 2.24. The van der Waals surface area contributed by atoms with Crippen molar-refractivity contribution >= 4 is 11.9 Å². The average molecular weight is 277 g/mol. The predicted molar refractivity (Wildman–Crippen MR) is 73.8 cm³/mol. The fraction of sp³-hybridized carbons (Fsp3) is 0.467. The first-order valence-corrected chi connectivity index (χ1v) is 6.78. The van der Waals surface area contributed by atoms with Crippen LogP contribution >= 0.6 is 0 Å². The highest BCUT2D eigenvalue weighted by atomic mass is 16.5. The van der Waals surface area contributed by atoms with E-state index in [2.05, 4.69) is 5.32 Å². The van der Waals surface area contributed by atoms with E-state index < -0.39 is 5.97 Å². The number of amides is 1. The number of carboxylic acid groups (broad SMARTS) is 1. The summed E-state index contributed by atoms with van der Waals surface area (Å²) >= 11 is 0. The van der Waals surface area contributed by atoms with Crippen molar-refractivity contribution in [1.82, 2.24) is 5.32 Å². The molecule has 2 atom stereocenters. The Balaban J connectivity index is 1.94. The first-order valence-electron chi connectivity index (χ1n) is 6.78. The van der Waals surface area contributed by atoms with Gasteiger partial charge in [-0.05, 0) is 43.5 Å². The lowest BCUT2D eigenvalue weighted by Crippen LogP contribution is -2.39. The highest BCUT2D eigenvalue weighted by Gasteiger charge is 2.27. The number of rotatable bonds is 4. The van der Waals surface area contributed by atoms with Gasteiger partial charge in [-0.15, -0.1) is 0 Å². The van der Waals surface area contributed by atoms with Crippen molar-refractivity contribution in [3.63, 3.8) is 0 Å². The average Bonchev–Trinajstić information content (AvgIpc) is 2.47. The molecule has 1 fully saturated rings. The van der Waals surface area contributed by atoms with Crippen molar-refractivity contribution in [2.24, 2.45) is 5.92 Å². The van der Waals surface area contributed by atoms with Crippen LogP contribution in [0.1, 0.15) is 36.0 Å². The second-order valence-corrected chi connectivity index (χ2v) is 5.10. The molecule has 0 heterocycles. The Morgan fingerprint density at radius 2 is 1.95 bits per heavy atom. The van der Waals surface area contributed by atoms with E-state index >= 15 is 0 Å². The molecule has 2 N–H and O–H groups in total. The van der Waals surface area contributed by atoms with Crippen molar-refractivity contribution in [1.29, 1.82) is 0 Å². The molecule has 5 nitrogen and oxygen atoms in total. The third-order valence-electron chi connectivity index (χ3n) is 3.71. The first-order chi connectivity index (χ1) is 9.60. The zero-order valence-corrected chi connectivity index (χ0v) is 11.5. The molecule has 5 heteroatoms. The van der Waals surface area contributed by atoms with Gasteiger partial charge in [0, 0.05) is 11.6 Å². The zero-order chi connectivity index (χ0) is 14.5. The number of carboxylic acids is 1. The molecular formula is C15H19NO4. The predicted octanol–water partition coefficient (Wildman–Crippen LogP) is 2.07. The third-order valence-corrected chi connectivity index (χ3v) is 3.71. The van der Waals surface area contributed by atoms with Crippen LogP contribution in [0.25, 0.3) is 0 Å². The van der Waals surface area contributed by atoms with Gasteiger partial charge in [0.25, 0.3) is 5.91 Å². The van der Waals surface area contributed by atoms with Gasteiger partial charge in [-0.2, -0.15) is 0 Å². The Bertz CT molecular complexity index is 483. The molecule has 0 bridgehead atoms. The molecular weight excluding hydrogens is 258 g/mol. The van der Waals surface area contributed by atoms with Crippen LogP contribution in [0.2, 0.25) is 0 Å². The summed E-state index contributed by atoms with van der Waals surface area (Å²) in [7, 11) is 1.57. The normalized spacial score (nSPS) is 22.1. The Labute approximate surface area is 117 Å². The van der Waals surface area contributed by atoms with Crippen molar-refractivity contribution in [2.45, 2.75) is 31.7 Å². The lowest BCUT2D eigenvalue weighted by Gasteiger charge is -2.27. The maximum Gasteiger partial charge on any atom is 0.306 e. The topological polar surface area (TPSA) is 75.6 Å². The van der Waals surface area contributed by atoms with Crippen LogP contribution in [-0.2, 0) is 4.79 Å². The SMILES string of the molecule is COc1ccc(C(=O)NC2CCCC(C(=O)O)C2)cc1. The Morgan fingerprint density at radius 1 is 1.25 bits per heavy atom. The quantitative estimate of drug-likeness (QED) is 0.883. The summed E-state index contributed by atoms with van der Waals surface area (Å²) in [6.45, 7) is 0. The van der Waals surface area contributed by atoms with Crippen molar-refractivity contribution in [3.8, 4) is 5.75 Å². The number of hydrogen-bond donors (Lipinski definition) is 2. The number of carbonyl (C=O) groups excluding carboxylic acids is 1. The maximum absolute atomic E-state index is 12.1. The number of methoxy groups -OCH3 is 1. The van der Waals surface area contributed by atoms with Gasteiger partial charge in [0.2, 0.25) is 0 Å². The van der Waals surface area contributed by atoms with E-state index in [0.717, 1.165) is 12.8 Å². The number of benzene rings is 1. The number of aliphatic carboxylic acids is 1. The van der Waals surface area contributed by atoms with Crippen LogP contribution < -0.4 is 10.1 Å². The van der Waals surface area contributed by atoms with Gasteiger partial charge in [-0.3, -0.25) is 9.59 Å².